The molecule has 0 aromatic rings. The Morgan fingerprint density at radius 2 is 1.08 bits per heavy atom. The highest BCUT2D eigenvalue weighted by atomic mass is 127. The molecule has 66 valence electrons. The zero-order valence-corrected chi connectivity index (χ0v) is 11.1. The highest BCUT2D eigenvalue weighted by molar-refractivity contribution is 14.1. The second-order valence-electron chi connectivity index (χ2n) is 5.17. The summed E-state index contributed by atoms with van der Waals surface area (Å²) < 4.78 is 2.15. The Kier molecular flexibility index (Phi) is 1.39. The lowest BCUT2D eigenvalue weighted by molar-refractivity contribution is 0.146. The molecule has 4 rings (SSSR count). The monoisotopic (exact) mass is 386 g/mol. The van der Waals surface area contributed by atoms with Crippen LogP contribution in [-0.2, 0) is 0 Å². The predicted octanol–water partition coefficient (Wildman–Crippen LogP) is 3.13. The summed E-state index contributed by atoms with van der Waals surface area (Å²) in [5, 5.41) is 0. The fraction of sp³-hybridized carbons (Fsp3) is 1.00. The van der Waals surface area contributed by atoms with Crippen molar-refractivity contribution in [2.45, 2.75) is 20.7 Å². The summed E-state index contributed by atoms with van der Waals surface area (Å²) >= 11 is 5.53. The first kappa shape index (κ1) is 7.71. The number of hydrogen-bond donors (Lipinski definition) is 0. The van der Waals surface area contributed by atoms with E-state index in [0.717, 1.165) is 19.7 Å². The van der Waals surface area contributed by atoms with Crippen molar-refractivity contribution in [2.24, 2.45) is 35.5 Å². The van der Waals surface area contributed by atoms with E-state index in [9.17, 15) is 0 Å². The van der Waals surface area contributed by atoms with Crippen molar-refractivity contribution in [1.82, 2.24) is 0 Å². The molecule has 4 aliphatic rings. The highest BCUT2D eigenvalue weighted by Gasteiger charge is 2.71. The number of fused-ring (bicyclic) bond motifs is 4. The molecular formula is C10H12I2. The Hall–Kier alpha value is 1.46. The van der Waals surface area contributed by atoms with E-state index in [2.05, 4.69) is 45.2 Å². The number of hydrogen-bond acceptors (Lipinski definition) is 0. The van der Waals surface area contributed by atoms with E-state index in [1.165, 1.54) is 23.7 Å². The van der Waals surface area contributed by atoms with Crippen molar-refractivity contribution >= 4 is 45.2 Å². The minimum Gasteiger partial charge on any atom is -0.0820 e. The Morgan fingerprint density at radius 3 is 1.42 bits per heavy atom. The van der Waals surface area contributed by atoms with Gasteiger partial charge in [-0.15, -0.1) is 0 Å². The molecule has 0 radical (unpaired) electrons. The van der Waals surface area contributed by atoms with Crippen LogP contribution in [-0.4, -0.2) is 7.85 Å². The van der Waals surface area contributed by atoms with Gasteiger partial charge in [0.25, 0.3) is 0 Å². The van der Waals surface area contributed by atoms with E-state index in [-0.39, 0.29) is 0 Å². The molecule has 12 heavy (non-hydrogen) atoms. The van der Waals surface area contributed by atoms with Crippen LogP contribution in [0.15, 0.2) is 0 Å². The van der Waals surface area contributed by atoms with Crippen LogP contribution in [0.25, 0.3) is 0 Å². The lowest BCUT2D eigenvalue weighted by Gasteiger charge is -2.33. The molecule has 0 aliphatic heterocycles. The molecule has 0 amide bonds. The second kappa shape index (κ2) is 2.17. The van der Waals surface area contributed by atoms with Gasteiger partial charge in [-0.25, -0.2) is 0 Å². The molecule has 0 saturated heterocycles. The molecule has 0 aromatic heterocycles. The van der Waals surface area contributed by atoms with Crippen molar-refractivity contribution < 1.29 is 0 Å². The van der Waals surface area contributed by atoms with Crippen molar-refractivity contribution in [3.63, 3.8) is 0 Å². The predicted molar refractivity (Wildman–Crippen MR) is 65.8 cm³/mol. The molecule has 4 saturated carbocycles. The van der Waals surface area contributed by atoms with E-state index in [1.807, 2.05) is 0 Å². The van der Waals surface area contributed by atoms with Crippen molar-refractivity contribution in [3.05, 3.63) is 0 Å². The third-order valence-electron chi connectivity index (χ3n) is 5.18. The average molecular weight is 386 g/mol. The third-order valence-corrected chi connectivity index (χ3v) is 8.68. The van der Waals surface area contributed by atoms with Gasteiger partial charge in [0.05, 0.1) is 0 Å². The Morgan fingerprint density at radius 1 is 0.667 bits per heavy atom. The first-order chi connectivity index (χ1) is 5.79. The summed E-state index contributed by atoms with van der Waals surface area (Å²) in [6.45, 7) is 0. The lowest BCUT2D eigenvalue weighted by Crippen LogP contribution is -2.27. The molecule has 4 aliphatic carbocycles. The smallest absolute Gasteiger partial charge is 0.0175 e. The van der Waals surface area contributed by atoms with Gasteiger partial charge in [-0.2, -0.15) is 0 Å². The van der Waals surface area contributed by atoms with E-state index in [0.29, 0.717) is 0 Å². The van der Waals surface area contributed by atoms with Gasteiger partial charge in [-0.1, -0.05) is 45.2 Å². The first-order valence-corrected chi connectivity index (χ1v) is 7.56. The van der Waals surface area contributed by atoms with Crippen LogP contribution in [0.2, 0.25) is 0 Å². The molecule has 0 nitrogen and oxygen atoms in total. The van der Waals surface area contributed by atoms with Gasteiger partial charge in [0, 0.05) is 7.85 Å². The van der Waals surface area contributed by atoms with Gasteiger partial charge >= 0.3 is 0 Å². The van der Waals surface area contributed by atoms with E-state index < -0.39 is 0 Å². The number of halogens is 2. The standard InChI is InChI=1S/C10H12I2/c11-9-5-1-3-6-2-4(5)8(7(3)9)10(6)12/h3-10H,1-2H2/t3-,4+,5-,6-,7-,8-,9+,10+/m1/s1. The summed E-state index contributed by atoms with van der Waals surface area (Å²) in [5.74, 6) is 6.99. The van der Waals surface area contributed by atoms with Crippen LogP contribution in [0.1, 0.15) is 12.8 Å². The maximum Gasteiger partial charge on any atom is 0.0175 e. The molecule has 0 heterocycles. The summed E-state index contributed by atoms with van der Waals surface area (Å²) in [5.41, 5.74) is 0. The van der Waals surface area contributed by atoms with Crippen LogP contribution in [0.4, 0.5) is 0 Å². The molecule has 0 N–H and O–H groups in total. The number of alkyl halides is 2. The normalized spacial score (nSPS) is 76.5. The van der Waals surface area contributed by atoms with Crippen LogP contribution < -0.4 is 0 Å². The quantitative estimate of drug-likeness (QED) is 0.444. The van der Waals surface area contributed by atoms with Crippen LogP contribution >= 0.6 is 45.2 Å². The SMILES string of the molecule is I[C@H]1[C@@H]2C[C@@H]3[C@H]4C[C@@H]2[C@@H]([C@H]4I)[C@H]13. The second-order valence-corrected chi connectivity index (χ2v) is 8.05. The van der Waals surface area contributed by atoms with Crippen molar-refractivity contribution in [1.29, 1.82) is 0 Å². The molecule has 0 unspecified atom stereocenters. The fourth-order valence-corrected chi connectivity index (χ4v) is 8.66. The van der Waals surface area contributed by atoms with Gasteiger partial charge in [0.15, 0.2) is 0 Å². The zero-order chi connectivity index (χ0) is 8.03. The van der Waals surface area contributed by atoms with E-state index >= 15 is 0 Å². The Balaban J connectivity index is 1.92. The minimum atomic E-state index is 1.08. The Bertz CT molecular complexity index is 226. The number of rotatable bonds is 0. The molecule has 0 spiro atoms. The third kappa shape index (κ3) is 0.607. The summed E-state index contributed by atoms with van der Waals surface area (Å²) in [4.78, 5) is 0. The van der Waals surface area contributed by atoms with E-state index in [4.69, 9.17) is 0 Å². The molecule has 8 atom stereocenters. The van der Waals surface area contributed by atoms with Crippen LogP contribution in [0.3, 0.4) is 0 Å². The minimum absolute atomic E-state index is 1.08. The van der Waals surface area contributed by atoms with E-state index in [1.54, 1.807) is 12.8 Å². The van der Waals surface area contributed by atoms with Crippen molar-refractivity contribution in [3.8, 4) is 0 Å². The maximum atomic E-state index is 2.77. The zero-order valence-electron chi connectivity index (χ0n) is 6.79. The Labute approximate surface area is 101 Å². The largest absolute Gasteiger partial charge is 0.0820 e. The average Bonchev–Trinajstić information content (AvgIpc) is 2.68. The molecular weight excluding hydrogens is 374 g/mol. The summed E-state index contributed by atoms with van der Waals surface area (Å²) in [6, 6.07) is 0. The van der Waals surface area contributed by atoms with Gasteiger partial charge in [0.1, 0.15) is 0 Å². The molecule has 4 bridgehead atoms. The van der Waals surface area contributed by atoms with Gasteiger partial charge < -0.3 is 0 Å². The molecule has 4 fully saturated rings. The maximum absolute atomic E-state index is 2.77. The van der Waals surface area contributed by atoms with Crippen molar-refractivity contribution in [2.75, 3.05) is 0 Å². The van der Waals surface area contributed by atoms with Gasteiger partial charge in [-0.3, -0.25) is 0 Å². The van der Waals surface area contributed by atoms with Gasteiger partial charge in [0.2, 0.25) is 0 Å². The molecule has 0 aromatic carbocycles. The molecule has 2 heteroatoms. The fourth-order valence-electron chi connectivity index (χ4n) is 4.98. The topological polar surface area (TPSA) is 0 Å². The van der Waals surface area contributed by atoms with Gasteiger partial charge in [-0.05, 0) is 48.3 Å². The van der Waals surface area contributed by atoms with Crippen LogP contribution in [0.5, 0.6) is 0 Å². The highest BCUT2D eigenvalue weighted by Crippen LogP contribution is 2.75. The summed E-state index contributed by atoms with van der Waals surface area (Å²) in [6.07, 6.45) is 3.23. The summed E-state index contributed by atoms with van der Waals surface area (Å²) in [7, 11) is 0. The van der Waals surface area contributed by atoms with Crippen LogP contribution in [0, 0.1) is 35.5 Å². The first-order valence-electron chi connectivity index (χ1n) is 5.07. The lowest BCUT2D eigenvalue weighted by atomic mass is 9.71.